The zero-order chi connectivity index (χ0) is 19.3. The summed E-state index contributed by atoms with van der Waals surface area (Å²) in [7, 11) is 0. The molecule has 140 valence electrons. The molecule has 0 fully saturated rings. The highest BCUT2D eigenvalue weighted by atomic mass is 35.5. The van der Waals surface area contributed by atoms with Crippen LogP contribution < -0.4 is 0 Å². The van der Waals surface area contributed by atoms with E-state index in [1.165, 1.54) is 0 Å². The molecule has 3 aromatic heterocycles. The molecule has 0 radical (unpaired) electrons. The third kappa shape index (κ3) is 2.66. The summed E-state index contributed by atoms with van der Waals surface area (Å²) in [6, 6.07) is 11.6. The van der Waals surface area contributed by atoms with E-state index in [9.17, 15) is 4.79 Å². The van der Waals surface area contributed by atoms with Crippen LogP contribution in [0.3, 0.4) is 0 Å². The third-order valence-electron chi connectivity index (χ3n) is 5.19. The van der Waals surface area contributed by atoms with Crippen LogP contribution in [0, 0.1) is 6.92 Å². The number of aromatic amines is 1. The Bertz CT molecular complexity index is 1200. The van der Waals surface area contributed by atoms with E-state index in [0.717, 1.165) is 32.2 Å². The van der Waals surface area contributed by atoms with E-state index in [2.05, 4.69) is 15.1 Å². The summed E-state index contributed by atoms with van der Waals surface area (Å²) >= 11 is 5.94. The minimum absolute atomic E-state index is 0.127. The number of carbonyl (C=O) groups excluding carboxylic acids is 1. The maximum Gasteiger partial charge on any atom is 0.258 e. The van der Waals surface area contributed by atoms with E-state index in [0.29, 0.717) is 24.2 Å². The number of aromatic nitrogens is 5. The van der Waals surface area contributed by atoms with Gasteiger partial charge < -0.3 is 9.88 Å². The van der Waals surface area contributed by atoms with Crippen molar-refractivity contribution in [1.82, 2.24) is 29.2 Å². The fourth-order valence-electron chi connectivity index (χ4n) is 3.82. The summed E-state index contributed by atoms with van der Waals surface area (Å²) in [4.78, 5) is 27.7. The van der Waals surface area contributed by atoms with Crippen molar-refractivity contribution < 1.29 is 4.79 Å². The third-order valence-corrected chi connectivity index (χ3v) is 5.36. The average molecular weight is 393 g/mol. The number of carbonyl (C=O) groups is 1. The van der Waals surface area contributed by atoms with Gasteiger partial charge in [-0.15, -0.1) is 0 Å². The normalized spacial score (nSPS) is 16.4. The van der Waals surface area contributed by atoms with Crippen LogP contribution in [-0.4, -0.2) is 41.6 Å². The number of hydrogen-bond acceptors (Lipinski definition) is 4. The fourth-order valence-corrected chi connectivity index (χ4v) is 4.03. The van der Waals surface area contributed by atoms with E-state index in [1.807, 2.05) is 36.4 Å². The molecule has 1 aliphatic heterocycles. The number of pyridine rings is 1. The second-order valence-electron chi connectivity index (χ2n) is 6.86. The van der Waals surface area contributed by atoms with Crippen molar-refractivity contribution in [3.05, 3.63) is 77.3 Å². The Balaban J connectivity index is 1.64. The van der Waals surface area contributed by atoms with Gasteiger partial charge in [-0.2, -0.15) is 9.30 Å². The number of halogens is 1. The molecule has 4 aromatic rings. The minimum Gasteiger partial charge on any atom is -0.348 e. The molecule has 1 aliphatic rings. The van der Waals surface area contributed by atoms with Gasteiger partial charge in [-0.25, -0.2) is 4.98 Å². The van der Waals surface area contributed by atoms with E-state index in [-0.39, 0.29) is 11.9 Å². The van der Waals surface area contributed by atoms with Gasteiger partial charge >= 0.3 is 0 Å². The van der Waals surface area contributed by atoms with Crippen molar-refractivity contribution in [3.63, 3.8) is 0 Å². The number of nitrogens with one attached hydrogen (secondary N) is 1. The first-order chi connectivity index (χ1) is 13.6. The molecular weight excluding hydrogens is 376 g/mol. The zero-order valence-corrected chi connectivity index (χ0v) is 15.9. The molecule has 0 saturated carbocycles. The highest BCUT2D eigenvalue weighted by Crippen LogP contribution is 2.34. The molecule has 1 N–H and O–H groups in total. The molecule has 7 nitrogen and oxygen atoms in total. The van der Waals surface area contributed by atoms with Crippen LogP contribution in [0.2, 0.25) is 0 Å². The fraction of sp³-hybridized carbons (Fsp3) is 0.200. The molecule has 1 atom stereocenters. The first kappa shape index (κ1) is 16.9. The van der Waals surface area contributed by atoms with Gasteiger partial charge in [-0.05, 0) is 19.1 Å². The van der Waals surface area contributed by atoms with Crippen LogP contribution in [0.15, 0.2) is 48.9 Å². The number of nitrogens with zero attached hydrogens (tertiary/aromatic N) is 5. The lowest BCUT2D eigenvalue weighted by Gasteiger charge is -2.34. The van der Waals surface area contributed by atoms with Gasteiger partial charge in [0.2, 0.25) is 0 Å². The summed E-state index contributed by atoms with van der Waals surface area (Å²) in [6.07, 6.45) is 3.93. The Morgan fingerprint density at radius 1 is 1.25 bits per heavy atom. The van der Waals surface area contributed by atoms with Crippen molar-refractivity contribution in [1.29, 1.82) is 0 Å². The first-order valence-corrected chi connectivity index (χ1v) is 9.37. The standard InChI is InChI=1S/C20H17ClN6O/c1-12-14(10-27(21)25-12)20(28)26-9-8-16-18(23-11-22-16)19(26)17-7-6-13-4-2-3-5-15(13)24-17/h2-7,10-11,19H,8-9H2,1H3,(H,22,23)/t19-/m1/s1. The molecule has 4 heterocycles. The van der Waals surface area contributed by atoms with Crippen molar-refractivity contribution in [2.45, 2.75) is 19.4 Å². The molecular formula is C20H17ClN6O. The Hall–Kier alpha value is -3.19. The number of amides is 1. The molecule has 28 heavy (non-hydrogen) atoms. The lowest BCUT2D eigenvalue weighted by Crippen LogP contribution is -2.41. The number of H-pyrrole nitrogens is 1. The number of aryl methyl sites for hydroxylation is 1. The van der Waals surface area contributed by atoms with Gasteiger partial charge in [-0.1, -0.05) is 24.3 Å². The SMILES string of the molecule is Cc1nn(Cl)cc1C(=O)N1CCc2[nH]cnc2[C@H]1c1ccc2ccccc2n1. The Labute approximate surface area is 166 Å². The number of benzene rings is 1. The van der Waals surface area contributed by atoms with E-state index < -0.39 is 0 Å². The van der Waals surface area contributed by atoms with E-state index in [4.69, 9.17) is 16.8 Å². The molecule has 8 heteroatoms. The number of rotatable bonds is 2. The van der Waals surface area contributed by atoms with Gasteiger partial charge in [0.15, 0.2) is 0 Å². The monoisotopic (exact) mass is 392 g/mol. The number of fused-ring (bicyclic) bond motifs is 2. The molecule has 1 aromatic carbocycles. The minimum atomic E-state index is -0.370. The Morgan fingerprint density at radius 2 is 2.11 bits per heavy atom. The molecule has 0 unspecified atom stereocenters. The van der Waals surface area contributed by atoms with Gasteiger partial charge in [0.25, 0.3) is 5.91 Å². The van der Waals surface area contributed by atoms with Crippen LogP contribution in [0.4, 0.5) is 0 Å². The predicted octanol–water partition coefficient (Wildman–Crippen LogP) is 3.25. The van der Waals surface area contributed by atoms with Gasteiger partial charge in [-0.3, -0.25) is 9.78 Å². The van der Waals surface area contributed by atoms with E-state index in [1.54, 1.807) is 24.3 Å². The maximum absolute atomic E-state index is 13.4. The molecule has 0 spiro atoms. The Kier molecular flexibility index (Phi) is 3.91. The summed E-state index contributed by atoms with van der Waals surface area (Å²) in [6.45, 7) is 2.33. The maximum atomic E-state index is 13.4. The molecule has 0 saturated heterocycles. The Morgan fingerprint density at radius 3 is 2.93 bits per heavy atom. The molecule has 5 rings (SSSR count). The van der Waals surface area contributed by atoms with Crippen LogP contribution in [0.5, 0.6) is 0 Å². The van der Waals surface area contributed by atoms with Crippen molar-refractivity contribution in [2.24, 2.45) is 0 Å². The molecule has 0 bridgehead atoms. The summed E-state index contributed by atoms with van der Waals surface area (Å²) in [5.41, 5.74) is 4.63. The van der Waals surface area contributed by atoms with E-state index >= 15 is 0 Å². The van der Waals surface area contributed by atoms with Gasteiger partial charge in [0.05, 0.1) is 40.7 Å². The lowest BCUT2D eigenvalue weighted by molar-refractivity contribution is 0.0686. The highest BCUT2D eigenvalue weighted by molar-refractivity contribution is 6.15. The largest absolute Gasteiger partial charge is 0.348 e. The van der Waals surface area contributed by atoms with Crippen molar-refractivity contribution >= 4 is 28.6 Å². The van der Waals surface area contributed by atoms with Crippen LogP contribution >= 0.6 is 11.8 Å². The van der Waals surface area contributed by atoms with Crippen LogP contribution in [0.1, 0.15) is 39.2 Å². The quantitative estimate of drug-likeness (QED) is 0.568. The molecule has 0 aliphatic carbocycles. The number of hydrogen-bond donors (Lipinski definition) is 1. The highest BCUT2D eigenvalue weighted by Gasteiger charge is 2.36. The topological polar surface area (TPSA) is 79.7 Å². The summed E-state index contributed by atoms with van der Waals surface area (Å²) < 4.78 is 1.15. The number of para-hydroxylation sites is 1. The second kappa shape index (κ2) is 6.45. The smallest absolute Gasteiger partial charge is 0.258 e. The first-order valence-electron chi connectivity index (χ1n) is 9.03. The van der Waals surface area contributed by atoms with Crippen molar-refractivity contribution in [2.75, 3.05) is 6.54 Å². The zero-order valence-electron chi connectivity index (χ0n) is 15.1. The van der Waals surface area contributed by atoms with Crippen molar-refractivity contribution in [3.8, 4) is 0 Å². The average Bonchev–Trinajstić information content (AvgIpc) is 3.32. The summed E-state index contributed by atoms with van der Waals surface area (Å²) in [5, 5.41) is 5.15. The van der Waals surface area contributed by atoms with Crippen LogP contribution in [0.25, 0.3) is 10.9 Å². The second-order valence-corrected chi connectivity index (χ2v) is 7.21. The number of imidazole rings is 1. The lowest BCUT2D eigenvalue weighted by atomic mass is 9.97. The van der Waals surface area contributed by atoms with Gasteiger partial charge in [0.1, 0.15) is 6.04 Å². The predicted molar refractivity (Wildman–Crippen MR) is 105 cm³/mol. The van der Waals surface area contributed by atoms with Gasteiger partial charge in [0, 0.05) is 35.8 Å². The summed E-state index contributed by atoms with van der Waals surface area (Å²) in [5.74, 6) is -0.127. The van der Waals surface area contributed by atoms with Crippen LogP contribution in [-0.2, 0) is 6.42 Å². The molecule has 1 amide bonds.